The standard InChI is InChI=1S/C40H55/c1-31(19-13-21-33(3)25-27-37-35(5)23-15-29-39(37,7)8)17-11-12-18-32(2)20-14-22-34(4)26-28-38-36(6)24-16-30-40(38,9)10/h11,13-14,17-22,25-28H,15-16,23-24,29-30H2,1-10H3/b12-11?,19-13+,20-14+,27-25+,28-26+,31-17+,32-18+,33-21+,34-22+. The molecule has 215 valence electrons. The van der Waals surface area contributed by atoms with Gasteiger partial charge in [0.05, 0.1) is 0 Å². The van der Waals surface area contributed by atoms with Crippen molar-refractivity contribution in [1.82, 2.24) is 0 Å². The van der Waals surface area contributed by atoms with Crippen LogP contribution in [0.25, 0.3) is 0 Å². The van der Waals surface area contributed by atoms with Gasteiger partial charge in [0.15, 0.2) is 0 Å². The summed E-state index contributed by atoms with van der Waals surface area (Å²) < 4.78 is 0. The third-order valence-corrected chi connectivity index (χ3v) is 8.30. The van der Waals surface area contributed by atoms with Crippen LogP contribution in [-0.4, -0.2) is 0 Å². The zero-order valence-corrected chi connectivity index (χ0v) is 27.2. The van der Waals surface area contributed by atoms with Crippen molar-refractivity contribution >= 4 is 0 Å². The van der Waals surface area contributed by atoms with Crippen LogP contribution in [0.3, 0.4) is 0 Å². The maximum atomic E-state index is 3.28. The Morgan fingerprint density at radius 2 is 1.02 bits per heavy atom. The van der Waals surface area contributed by atoms with Crippen molar-refractivity contribution in [1.29, 1.82) is 0 Å². The minimum atomic E-state index is 0.287. The van der Waals surface area contributed by atoms with Gasteiger partial charge in [-0.1, -0.05) is 140 Å². The molecule has 0 heterocycles. The summed E-state index contributed by atoms with van der Waals surface area (Å²) in [6.07, 6.45) is 39.1. The van der Waals surface area contributed by atoms with Gasteiger partial charge in [-0.05, 0) is 108 Å². The second-order valence-corrected chi connectivity index (χ2v) is 13.2. The van der Waals surface area contributed by atoms with E-state index in [-0.39, 0.29) is 10.8 Å². The maximum absolute atomic E-state index is 3.28. The molecule has 0 unspecified atom stereocenters. The van der Waals surface area contributed by atoms with E-state index in [1.807, 2.05) is 12.2 Å². The summed E-state index contributed by atoms with van der Waals surface area (Å²) in [5.41, 5.74) is 11.6. The summed E-state index contributed by atoms with van der Waals surface area (Å²) in [4.78, 5) is 0. The summed E-state index contributed by atoms with van der Waals surface area (Å²) in [5, 5.41) is 0. The van der Waals surface area contributed by atoms with Crippen LogP contribution in [0.4, 0.5) is 0 Å². The first-order valence-electron chi connectivity index (χ1n) is 15.2. The zero-order valence-electron chi connectivity index (χ0n) is 27.2. The lowest BCUT2D eigenvalue weighted by Gasteiger charge is -2.33. The second kappa shape index (κ2) is 15.8. The quantitative estimate of drug-likeness (QED) is 0.244. The van der Waals surface area contributed by atoms with E-state index in [2.05, 4.69) is 142 Å². The van der Waals surface area contributed by atoms with Gasteiger partial charge < -0.3 is 0 Å². The van der Waals surface area contributed by atoms with Crippen LogP contribution in [0.5, 0.6) is 0 Å². The number of allylic oxidation sites excluding steroid dienone is 22. The van der Waals surface area contributed by atoms with Crippen molar-refractivity contribution < 1.29 is 0 Å². The number of hydrogen-bond donors (Lipinski definition) is 0. The topological polar surface area (TPSA) is 0 Å². The summed E-state index contributed by atoms with van der Waals surface area (Å²) >= 11 is 0. The van der Waals surface area contributed by atoms with Crippen molar-refractivity contribution in [3.8, 4) is 0 Å². The van der Waals surface area contributed by atoms with E-state index in [9.17, 15) is 0 Å². The maximum Gasteiger partial charge on any atom is -0.0104 e. The summed E-state index contributed by atoms with van der Waals surface area (Å²) in [6.45, 7) is 22.6. The highest BCUT2D eigenvalue weighted by Gasteiger charge is 2.27. The Hall–Kier alpha value is -2.86. The first kappa shape index (κ1) is 33.3. The van der Waals surface area contributed by atoms with E-state index in [0.29, 0.717) is 0 Å². The smallest absolute Gasteiger partial charge is 0.0104 e. The molecule has 0 nitrogen and oxygen atoms in total. The van der Waals surface area contributed by atoms with E-state index in [1.165, 1.54) is 72.0 Å². The minimum absolute atomic E-state index is 0.287. The van der Waals surface area contributed by atoms with Gasteiger partial charge in [0.1, 0.15) is 0 Å². The third-order valence-electron chi connectivity index (χ3n) is 8.30. The molecule has 0 heteroatoms. The van der Waals surface area contributed by atoms with E-state index in [0.717, 1.165) is 0 Å². The Kier molecular flexibility index (Phi) is 13.2. The van der Waals surface area contributed by atoms with Crippen LogP contribution in [0.2, 0.25) is 0 Å². The largest absolute Gasteiger partial charge is 0.0696 e. The Bertz CT molecular complexity index is 1120. The van der Waals surface area contributed by atoms with E-state index in [1.54, 1.807) is 11.1 Å². The molecule has 2 rings (SSSR count). The second-order valence-electron chi connectivity index (χ2n) is 13.2. The van der Waals surface area contributed by atoms with E-state index in [4.69, 9.17) is 0 Å². The van der Waals surface area contributed by atoms with Gasteiger partial charge in [-0.3, -0.25) is 0 Å². The summed E-state index contributed by atoms with van der Waals surface area (Å²) in [6, 6.07) is 0. The highest BCUT2D eigenvalue weighted by molar-refractivity contribution is 5.38. The molecule has 0 fully saturated rings. The predicted octanol–water partition coefficient (Wildman–Crippen LogP) is 12.4. The molecule has 2 aliphatic carbocycles. The molecular formula is C40H55. The van der Waals surface area contributed by atoms with Crippen molar-refractivity contribution in [2.45, 2.75) is 108 Å². The lowest BCUT2D eigenvalue weighted by Crippen LogP contribution is -2.19. The molecule has 0 bridgehead atoms. The van der Waals surface area contributed by atoms with Crippen molar-refractivity contribution in [2.24, 2.45) is 10.8 Å². The Morgan fingerprint density at radius 1 is 0.600 bits per heavy atom. The first-order valence-corrected chi connectivity index (χ1v) is 15.2. The van der Waals surface area contributed by atoms with Gasteiger partial charge in [-0.2, -0.15) is 0 Å². The van der Waals surface area contributed by atoms with Crippen LogP contribution >= 0.6 is 0 Å². The van der Waals surface area contributed by atoms with Crippen LogP contribution in [0.1, 0.15) is 108 Å². The fourth-order valence-electron chi connectivity index (χ4n) is 5.73. The lowest BCUT2D eigenvalue weighted by atomic mass is 9.72. The molecule has 0 aromatic carbocycles. The monoisotopic (exact) mass is 535 g/mol. The van der Waals surface area contributed by atoms with Crippen LogP contribution < -0.4 is 0 Å². The van der Waals surface area contributed by atoms with Gasteiger partial charge in [0.2, 0.25) is 0 Å². The fraction of sp³-hybridized carbons (Fsp3) is 0.450. The van der Waals surface area contributed by atoms with Gasteiger partial charge >= 0.3 is 0 Å². The molecule has 0 aliphatic heterocycles. The molecule has 0 aromatic rings. The van der Waals surface area contributed by atoms with Gasteiger partial charge in [-0.15, -0.1) is 0 Å². The highest BCUT2D eigenvalue weighted by Crippen LogP contribution is 2.41. The van der Waals surface area contributed by atoms with Crippen LogP contribution in [-0.2, 0) is 0 Å². The average Bonchev–Trinajstić information content (AvgIpc) is 2.85. The van der Waals surface area contributed by atoms with Crippen molar-refractivity contribution in [3.63, 3.8) is 0 Å². The van der Waals surface area contributed by atoms with Crippen molar-refractivity contribution in [2.75, 3.05) is 0 Å². The van der Waals surface area contributed by atoms with Crippen LogP contribution in [0, 0.1) is 16.9 Å². The Morgan fingerprint density at radius 3 is 1.48 bits per heavy atom. The molecule has 0 spiro atoms. The third kappa shape index (κ3) is 11.3. The first-order chi connectivity index (χ1) is 18.8. The SMILES string of the molecule is CC1=C(/C=C/C(C)=C/C=C/C(C)=C/[C]=C/C=C(C)/C=C/C=C(C)/C=C/C2=C(C)CCCC2(C)C)C(C)(C)CCC1. The molecule has 0 aromatic heterocycles. The average molecular weight is 536 g/mol. The molecule has 0 atom stereocenters. The molecule has 2 aliphatic rings. The van der Waals surface area contributed by atoms with Gasteiger partial charge in [-0.25, -0.2) is 0 Å². The summed E-state index contributed by atoms with van der Waals surface area (Å²) in [5.74, 6) is 0. The molecule has 0 amide bonds. The van der Waals surface area contributed by atoms with Gasteiger partial charge in [0, 0.05) is 0 Å². The Labute approximate surface area is 247 Å². The van der Waals surface area contributed by atoms with Crippen LogP contribution in [0.15, 0.2) is 124 Å². The predicted molar refractivity (Wildman–Crippen MR) is 180 cm³/mol. The molecule has 40 heavy (non-hydrogen) atoms. The van der Waals surface area contributed by atoms with Crippen molar-refractivity contribution in [3.05, 3.63) is 130 Å². The zero-order chi connectivity index (χ0) is 29.8. The minimum Gasteiger partial charge on any atom is -0.0696 e. The number of hydrogen-bond acceptors (Lipinski definition) is 0. The molecular weight excluding hydrogens is 480 g/mol. The molecule has 0 N–H and O–H groups in total. The van der Waals surface area contributed by atoms with E-state index >= 15 is 0 Å². The fourth-order valence-corrected chi connectivity index (χ4v) is 5.73. The normalized spacial score (nSPS) is 21.9. The summed E-state index contributed by atoms with van der Waals surface area (Å²) in [7, 11) is 0. The Balaban J connectivity index is 1.89. The van der Waals surface area contributed by atoms with Gasteiger partial charge in [0.25, 0.3) is 0 Å². The number of rotatable bonds is 10. The molecule has 0 saturated carbocycles. The lowest BCUT2D eigenvalue weighted by molar-refractivity contribution is 0.376. The highest BCUT2D eigenvalue weighted by atomic mass is 14.3. The molecule has 0 saturated heterocycles. The molecule has 1 radical (unpaired) electrons. The van der Waals surface area contributed by atoms with E-state index < -0.39 is 0 Å².